The molecule has 0 spiro atoms. The Morgan fingerprint density at radius 2 is 2.04 bits per heavy atom. The fourth-order valence-corrected chi connectivity index (χ4v) is 3.12. The van der Waals surface area contributed by atoms with Gasteiger partial charge in [-0.25, -0.2) is 14.5 Å². The van der Waals surface area contributed by atoms with Gasteiger partial charge in [-0.05, 0) is 43.3 Å². The number of hydrogen-bond acceptors (Lipinski definition) is 6. The normalized spacial score (nSPS) is 10.6. The number of nitrogens with zero attached hydrogens (tertiary/aromatic N) is 3. The fraction of sp³-hybridized carbons (Fsp3) is 0.167. The van der Waals surface area contributed by atoms with Crippen molar-refractivity contribution in [2.45, 2.75) is 16.8 Å². The third-order valence-corrected chi connectivity index (χ3v) is 4.42. The van der Waals surface area contributed by atoms with E-state index in [1.807, 2.05) is 24.3 Å². The van der Waals surface area contributed by atoms with Crippen molar-refractivity contribution in [3.05, 3.63) is 60.3 Å². The van der Waals surface area contributed by atoms with E-state index in [-0.39, 0.29) is 18.0 Å². The van der Waals surface area contributed by atoms with Crippen LogP contribution in [0.5, 0.6) is 5.75 Å². The molecule has 134 valence electrons. The molecule has 3 rings (SSSR count). The average molecular weight is 373 g/mol. The molecular weight excluding hydrogens is 357 g/mol. The van der Waals surface area contributed by atoms with Crippen LogP contribution in [0.1, 0.15) is 17.4 Å². The highest BCUT2D eigenvalue weighted by Crippen LogP contribution is 2.31. The van der Waals surface area contributed by atoms with Crippen molar-refractivity contribution in [2.24, 2.45) is 0 Å². The molecule has 0 unspecified atom stereocenters. The summed E-state index contributed by atoms with van der Waals surface area (Å²) in [6, 6.07) is 12.1. The van der Waals surface area contributed by atoms with Crippen molar-refractivity contribution in [3.8, 4) is 11.4 Å². The second-order valence-electron chi connectivity index (χ2n) is 5.09. The van der Waals surface area contributed by atoms with Gasteiger partial charge in [0, 0.05) is 17.2 Å². The van der Waals surface area contributed by atoms with Gasteiger partial charge in [-0.2, -0.15) is 9.49 Å². The van der Waals surface area contributed by atoms with Crippen molar-refractivity contribution in [3.63, 3.8) is 0 Å². The maximum absolute atomic E-state index is 14.1. The molecule has 3 aromatic rings. The van der Waals surface area contributed by atoms with E-state index in [1.165, 1.54) is 22.6 Å². The number of rotatable bonds is 6. The fourth-order valence-electron chi connectivity index (χ4n) is 2.21. The quantitative estimate of drug-likeness (QED) is 0.484. The minimum absolute atomic E-state index is 0.103. The van der Waals surface area contributed by atoms with E-state index in [4.69, 9.17) is 9.47 Å². The van der Waals surface area contributed by atoms with Gasteiger partial charge in [0.15, 0.2) is 5.69 Å². The summed E-state index contributed by atoms with van der Waals surface area (Å²) < 4.78 is 25.6. The SMILES string of the molecule is CCOC(=O)c1cc(Sc2ccc(OC)cc2)n(-c2cccnc2F)n1. The molecule has 1 aromatic carbocycles. The van der Waals surface area contributed by atoms with Crippen molar-refractivity contribution in [2.75, 3.05) is 13.7 Å². The summed E-state index contributed by atoms with van der Waals surface area (Å²) in [6.07, 6.45) is 1.35. The van der Waals surface area contributed by atoms with Crippen molar-refractivity contribution < 1.29 is 18.7 Å². The third kappa shape index (κ3) is 3.85. The molecule has 0 fully saturated rings. The maximum atomic E-state index is 14.1. The van der Waals surface area contributed by atoms with Crippen molar-refractivity contribution >= 4 is 17.7 Å². The number of aromatic nitrogens is 3. The van der Waals surface area contributed by atoms with Crippen LogP contribution in [-0.4, -0.2) is 34.5 Å². The number of methoxy groups -OCH3 is 1. The molecule has 6 nitrogen and oxygen atoms in total. The molecule has 0 radical (unpaired) electrons. The molecule has 0 bridgehead atoms. The molecule has 2 aromatic heterocycles. The standard InChI is InChI=1S/C18H16FN3O3S/c1-3-25-18(23)14-11-16(26-13-8-6-12(24-2)7-9-13)22(21-14)15-5-4-10-20-17(15)19/h4-11H,3H2,1-2H3. The number of pyridine rings is 1. The number of ether oxygens (including phenoxy) is 2. The number of benzene rings is 1. The van der Waals surface area contributed by atoms with Gasteiger partial charge in [0.1, 0.15) is 16.5 Å². The second-order valence-corrected chi connectivity index (χ2v) is 6.18. The molecule has 0 atom stereocenters. The molecule has 26 heavy (non-hydrogen) atoms. The van der Waals surface area contributed by atoms with E-state index in [9.17, 15) is 9.18 Å². The Balaban J connectivity index is 2.01. The smallest absolute Gasteiger partial charge is 0.358 e. The van der Waals surface area contributed by atoms with Crippen LogP contribution in [0.25, 0.3) is 5.69 Å². The van der Waals surface area contributed by atoms with Crippen LogP contribution in [0.2, 0.25) is 0 Å². The lowest BCUT2D eigenvalue weighted by Crippen LogP contribution is -2.08. The summed E-state index contributed by atoms with van der Waals surface area (Å²) >= 11 is 1.34. The molecule has 0 saturated carbocycles. The predicted octanol–water partition coefficient (Wildman–Crippen LogP) is 3.74. The molecule has 0 amide bonds. The zero-order chi connectivity index (χ0) is 18.5. The van der Waals surface area contributed by atoms with Crippen LogP contribution in [0, 0.1) is 5.95 Å². The van der Waals surface area contributed by atoms with Crippen LogP contribution in [0.4, 0.5) is 4.39 Å². The van der Waals surface area contributed by atoms with E-state index in [0.29, 0.717) is 5.03 Å². The molecule has 0 saturated heterocycles. The molecule has 0 aliphatic heterocycles. The van der Waals surface area contributed by atoms with Crippen molar-refractivity contribution in [1.82, 2.24) is 14.8 Å². The summed E-state index contributed by atoms with van der Waals surface area (Å²) in [6.45, 7) is 1.94. The summed E-state index contributed by atoms with van der Waals surface area (Å²) in [7, 11) is 1.59. The zero-order valence-corrected chi connectivity index (χ0v) is 15.0. The number of carbonyl (C=O) groups is 1. The topological polar surface area (TPSA) is 66.2 Å². The highest BCUT2D eigenvalue weighted by atomic mass is 32.2. The minimum atomic E-state index is -0.678. The Bertz CT molecular complexity index is 912. The van der Waals surface area contributed by atoms with Crippen LogP contribution < -0.4 is 4.74 Å². The largest absolute Gasteiger partial charge is 0.497 e. The minimum Gasteiger partial charge on any atom is -0.497 e. The second kappa shape index (κ2) is 8.01. The summed E-state index contributed by atoms with van der Waals surface area (Å²) in [5.74, 6) is -0.511. The van der Waals surface area contributed by atoms with E-state index in [2.05, 4.69) is 10.1 Å². The van der Waals surface area contributed by atoms with Crippen molar-refractivity contribution in [1.29, 1.82) is 0 Å². The first kappa shape index (κ1) is 17.9. The lowest BCUT2D eigenvalue weighted by Gasteiger charge is -2.07. The monoisotopic (exact) mass is 373 g/mol. The van der Waals surface area contributed by atoms with E-state index < -0.39 is 11.9 Å². The Morgan fingerprint density at radius 1 is 1.27 bits per heavy atom. The lowest BCUT2D eigenvalue weighted by molar-refractivity contribution is 0.0519. The zero-order valence-electron chi connectivity index (χ0n) is 14.2. The van der Waals surface area contributed by atoms with Gasteiger partial charge in [-0.1, -0.05) is 11.8 Å². The molecule has 0 N–H and O–H groups in total. The average Bonchev–Trinajstić information content (AvgIpc) is 3.07. The third-order valence-electron chi connectivity index (χ3n) is 3.41. The number of carbonyl (C=O) groups excluding carboxylic acids is 1. The number of esters is 1. The lowest BCUT2D eigenvalue weighted by atomic mass is 10.3. The molecular formula is C18H16FN3O3S. The van der Waals surface area contributed by atoms with Gasteiger partial charge in [0.05, 0.1) is 13.7 Å². The van der Waals surface area contributed by atoms with E-state index >= 15 is 0 Å². The van der Waals surface area contributed by atoms with Gasteiger partial charge in [0.2, 0.25) is 5.95 Å². The van der Waals surface area contributed by atoms with Crippen LogP contribution in [-0.2, 0) is 4.74 Å². The molecule has 8 heteroatoms. The predicted molar refractivity (Wildman–Crippen MR) is 94.4 cm³/mol. The first-order valence-corrected chi connectivity index (χ1v) is 8.64. The summed E-state index contributed by atoms with van der Waals surface area (Å²) in [5.41, 5.74) is 0.255. The van der Waals surface area contributed by atoms with Crippen LogP contribution >= 0.6 is 11.8 Å². The Hall–Kier alpha value is -2.87. The Morgan fingerprint density at radius 3 is 2.69 bits per heavy atom. The first-order chi connectivity index (χ1) is 12.6. The van der Waals surface area contributed by atoms with Crippen LogP contribution in [0.3, 0.4) is 0 Å². The van der Waals surface area contributed by atoms with Crippen LogP contribution in [0.15, 0.2) is 58.6 Å². The number of hydrogen-bond donors (Lipinski definition) is 0. The van der Waals surface area contributed by atoms with Gasteiger partial charge < -0.3 is 9.47 Å². The highest BCUT2D eigenvalue weighted by Gasteiger charge is 2.19. The number of halogens is 1. The first-order valence-electron chi connectivity index (χ1n) is 7.82. The van der Waals surface area contributed by atoms with Gasteiger partial charge in [-0.3, -0.25) is 0 Å². The van der Waals surface area contributed by atoms with Gasteiger partial charge in [0.25, 0.3) is 0 Å². The molecule has 0 aliphatic rings. The Labute approximate surface area is 154 Å². The van der Waals surface area contributed by atoms with E-state index in [0.717, 1.165) is 10.6 Å². The van der Waals surface area contributed by atoms with Gasteiger partial charge >= 0.3 is 5.97 Å². The summed E-state index contributed by atoms with van der Waals surface area (Å²) in [5, 5.41) is 4.77. The highest BCUT2D eigenvalue weighted by molar-refractivity contribution is 7.99. The molecule has 0 aliphatic carbocycles. The summed E-state index contributed by atoms with van der Waals surface area (Å²) in [4.78, 5) is 16.6. The maximum Gasteiger partial charge on any atom is 0.358 e. The van der Waals surface area contributed by atoms with Gasteiger partial charge in [-0.15, -0.1) is 0 Å². The van der Waals surface area contributed by atoms with E-state index in [1.54, 1.807) is 32.2 Å². The Kier molecular flexibility index (Phi) is 5.52. The molecule has 2 heterocycles.